The summed E-state index contributed by atoms with van der Waals surface area (Å²) < 4.78 is 43.6. The first-order chi connectivity index (χ1) is 16.0. The minimum absolute atomic E-state index is 0.0961. The zero-order valence-corrected chi connectivity index (χ0v) is 18.1. The van der Waals surface area contributed by atoms with E-state index in [-0.39, 0.29) is 36.1 Å². The summed E-state index contributed by atoms with van der Waals surface area (Å²) in [5.41, 5.74) is 0.248. The monoisotopic (exact) mass is 476 g/mol. The number of aryl methyl sites for hydroxylation is 1. The van der Waals surface area contributed by atoms with Gasteiger partial charge in [-0.1, -0.05) is 0 Å². The van der Waals surface area contributed by atoms with Crippen LogP contribution in [0.2, 0.25) is 0 Å². The second-order valence-corrected chi connectivity index (χ2v) is 7.60. The molecule has 0 aliphatic carbocycles. The predicted octanol–water partition coefficient (Wildman–Crippen LogP) is 1.87. The Morgan fingerprint density at radius 1 is 1.12 bits per heavy atom. The number of amides is 1. The maximum absolute atomic E-state index is 13.2. The molecule has 0 bridgehead atoms. The van der Waals surface area contributed by atoms with Crippen LogP contribution in [0.15, 0.2) is 46.4 Å². The fourth-order valence-electron chi connectivity index (χ4n) is 3.60. The van der Waals surface area contributed by atoms with Crippen molar-refractivity contribution in [2.24, 2.45) is 7.05 Å². The van der Waals surface area contributed by atoms with Crippen LogP contribution in [0.1, 0.15) is 18.1 Å². The van der Waals surface area contributed by atoms with Gasteiger partial charge in [-0.15, -0.1) is 18.3 Å². The number of nitrogens with one attached hydrogen (secondary N) is 1. The second-order valence-electron chi connectivity index (χ2n) is 7.60. The van der Waals surface area contributed by atoms with E-state index in [1.165, 1.54) is 43.2 Å². The van der Waals surface area contributed by atoms with Gasteiger partial charge in [0.05, 0.1) is 18.2 Å². The first kappa shape index (κ1) is 23.0. The van der Waals surface area contributed by atoms with Crippen molar-refractivity contribution in [1.82, 2.24) is 24.2 Å². The number of carbonyl (C=O) groups is 1. The molecule has 1 aliphatic heterocycles. The van der Waals surface area contributed by atoms with Gasteiger partial charge in [0.25, 0.3) is 11.1 Å². The lowest BCUT2D eigenvalue weighted by Crippen LogP contribution is -2.40. The van der Waals surface area contributed by atoms with Gasteiger partial charge in [0.2, 0.25) is 5.91 Å². The lowest BCUT2D eigenvalue weighted by molar-refractivity contribution is -0.274. The molecule has 2 aromatic heterocycles. The van der Waals surface area contributed by atoms with E-state index in [0.29, 0.717) is 17.7 Å². The molecule has 0 radical (unpaired) electrons. The Bertz CT molecular complexity index is 1360. The lowest BCUT2D eigenvalue weighted by Gasteiger charge is -2.29. The topological polar surface area (TPSA) is 111 Å². The Morgan fingerprint density at radius 2 is 1.82 bits per heavy atom. The van der Waals surface area contributed by atoms with Crippen LogP contribution < -0.4 is 21.2 Å². The van der Waals surface area contributed by atoms with E-state index in [4.69, 9.17) is 0 Å². The molecule has 0 atom stereocenters. The Balaban J connectivity index is 1.82. The summed E-state index contributed by atoms with van der Waals surface area (Å²) in [6, 6.07) is 4.66. The first-order valence-electron chi connectivity index (χ1n) is 10.1. The molecular weight excluding hydrogens is 457 g/mol. The summed E-state index contributed by atoms with van der Waals surface area (Å²) in [7, 11) is 1.52. The number of fused-ring (bicyclic) bond motifs is 1. The Morgan fingerprint density at radius 3 is 2.47 bits per heavy atom. The number of hydrogen-bond donors (Lipinski definition) is 1. The molecule has 0 spiro atoms. The number of benzene rings is 1. The molecule has 4 rings (SSSR count). The number of anilines is 2. The van der Waals surface area contributed by atoms with Gasteiger partial charge in [0.1, 0.15) is 11.4 Å². The molecule has 1 aliphatic rings. The number of ether oxygens (including phenoxy) is 1. The molecule has 3 aromatic rings. The van der Waals surface area contributed by atoms with Gasteiger partial charge in [-0.3, -0.25) is 14.4 Å². The summed E-state index contributed by atoms with van der Waals surface area (Å²) in [5.74, 6) is -0.476. The van der Waals surface area contributed by atoms with E-state index in [2.05, 4.69) is 20.1 Å². The quantitative estimate of drug-likeness (QED) is 0.612. The molecule has 1 aromatic carbocycles. The van der Waals surface area contributed by atoms with Crippen molar-refractivity contribution in [3.8, 4) is 11.4 Å². The van der Waals surface area contributed by atoms with Crippen LogP contribution in [-0.2, 0) is 24.8 Å². The fraction of sp³-hybridized carbons (Fsp3) is 0.286. The number of alkyl halides is 3. The van der Waals surface area contributed by atoms with Gasteiger partial charge in [-0.25, -0.2) is 4.98 Å². The number of rotatable bonds is 4. The maximum Gasteiger partial charge on any atom is 0.573 e. The average molecular weight is 476 g/mol. The first-order valence-corrected chi connectivity index (χ1v) is 10.1. The van der Waals surface area contributed by atoms with Crippen LogP contribution >= 0.6 is 0 Å². The third-order valence-electron chi connectivity index (χ3n) is 5.29. The SMILES string of the molecule is CC(=O)N1CCc2c(c(Nc3cncn(C)c3=O)nn(-c3ccc(OC(F)(F)F)cc3)c2=O)C1. The summed E-state index contributed by atoms with van der Waals surface area (Å²) in [5, 5.41) is 7.24. The number of aromatic nitrogens is 4. The smallest absolute Gasteiger partial charge is 0.406 e. The minimum Gasteiger partial charge on any atom is -0.406 e. The fourth-order valence-corrected chi connectivity index (χ4v) is 3.60. The summed E-state index contributed by atoms with van der Waals surface area (Å²) >= 11 is 0. The lowest BCUT2D eigenvalue weighted by atomic mass is 10.0. The van der Waals surface area contributed by atoms with E-state index in [1.807, 2.05) is 0 Å². The minimum atomic E-state index is -4.85. The van der Waals surface area contributed by atoms with Crippen molar-refractivity contribution >= 4 is 17.4 Å². The zero-order valence-electron chi connectivity index (χ0n) is 18.1. The number of carbonyl (C=O) groups excluding carboxylic acids is 1. The van der Waals surface area contributed by atoms with E-state index in [0.717, 1.165) is 16.8 Å². The van der Waals surface area contributed by atoms with Crippen LogP contribution in [0.4, 0.5) is 24.7 Å². The van der Waals surface area contributed by atoms with Gasteiger partial charge in [-0.2, -0.15) is 4.68 Å². The molecule has 1 N–H and O–H groups in total. The van der Waals surface area contributed by atoms with Crippen molar-refractivity contribution in [3.63, 3.8) is 0 Å². The van der Waals surface area contributed by atoms with Gasteiger partial charge >= 0.3 is 6.36 Å². The van der Waals surface area contributed by atoms with Gasteiger partial charge < -0.3 is 19.5 Å². The molecule has 1 amide bonds. The summed E-state index contributed by atoms with van der Waals surface area (Å²) in [6.45, 7) is 1.83. The van der Waals surface area contributed by atoms with Crippen molar-refractivity contribution in [3.05, 3.63) is 68.6 Å². The maximum atomic E-state index is 13.2. The van der Waals surface area contributed by atoms with Crippen LogP contribution in [0.5, 0.6) is 5.75 Å². The molecule has 0 fully saturated rings. The highest BCUT2D eigenvalue weighted by Crippen LogP contribution is 2.26. The predicted molar refractivity (Wildman–Crippen MR) is 114 cm³/mol. The zero-order chi connectivity index (χ0) is 24.6. The molecule has 0 unspecified atom stereocenters. The van der Waals surface area contributed by atoms with Crippen molar-refractivity contribution in [2.75, 3.05) is 11.9 Å². The van der Waals surface area contributed by atoms with Crippen LogP contribution in [0.3, 0.4) is 0 Å². The van der Waals surface area contributed by atoms with Crippen LogP contribution in [0, 0.1) is 0 Å². The van der Waals surface area contributed by atoms with E-state index in [9.17, 15) is 27.6 Å². The second kappa shape index (κ2) is 8.65. The highest BCUT2D eigenvalue weighted by molar-refractivity contribution is 5.74. The Labute approximate surface area is 190 Å². The third kappa shape index (κ3) is 4.63. The normalized spacial score (nSPS) is 13.4. The van der Waals surface area contributed by atoms with Crippen molar-refractivity contribution < 1.29 is 22.7 Å². The molecule has 34 heavy (non-hydrogen) atoms. The van der Waals surface area contributed by atoms with Crippen LogP contribution in [-0.4, -0.2) is 43.0 Å². The van der Waals surface area contributed by atoms with Gasteiger partial charge in [-0.05, 0) is 30.7 Å². The van der Waals surface area contributed by atoms with E-state index < -0.39 is 23.2 Å². The largest absolute Gasteiger partial charge is 0.573 e. The Kier molecular flexibility index (Phi) is 5.85. The number of nitrogens with zero attached hydrogens (tertiary/aromatic N) is 5. The van der Waals surface area contributed by atoms with Crippen molar-refractivity contribution in [1.29, 1.82) is 0 Å². The van der Waals surface area contributed by atoms with E-state index in [1.54, 1.807) is 4.90 Å². The Hall–Kier alpha value is -4.16. The number of halogens is 3. The standard InChI is InChI=1S/C21H19F3N6O4/c1-12(31)29-8-7-15-16(10-29)18(26-17-9-25-11-28(2)20(17)33)27-30(19(15)32)13-3-5-14(6-4-13)34-21(22,23)24/h3-6,9,11H,7-8,10H2,1-2H3,(H,26,27). The molecule has 10 nitrogen and oxygen atoms in total. The molecule has 0 saturated carbocycles. The molecule has 178 valence electrons. The van der Waals surface area contributed by atoms with Crippen LogP contribution in [0.25, 0.3) is 5.69 Å². The summed E-state index contributed by atoms with van der Waals surface area (Å²) in [4.78, 5) is 43.1. The van der Waals surface area contributed by atoms with Gasteiger partial charge in [0, 0.05) is 38.2 Å². The number of hydrogen-bond acceptors (Lipinski definition) is 7. The molecule has 0 saturated heterocycles. The third-order valence-corrected chi connectivity index (χ3v) is 5.29. The van der Waals surface area contributed by atoms with Crippen molar-refractivity contribution in [2.45, 2.75) is 26.3 Å². The molecular formula is C21H19F3N6O4. The van der Waals surface area contributed by atoms with E-state index >= 15 is 0 Å². The highest BCUT2D eigenvalue weighted by Gasteiger charge is 2.31. The molecule has 3 heterocycles. The van der Waals surface area contributed by atoms with Gasteiger partial charge in [0.15, 0.2) is 5.82 Å². The summed E-state index contributed by atoms with van der Waals surface area (Å²) in [6.07, 6.45) is -1.97. The molecule has 13 heteroatoms. The average Bonchev–Trinajstić information content (AvgIpc) is 2.78. The highest BCUT2D eigenvalue weighted by atomic mass is 19.4.